The summed E-state index contributed by atoms with van der Waals surface area (Å²) in [4.78, 5) is 2.54. The summed E-state index contributed by atoms with van der Waals surface area (Å²) >= 11 is 0. The monoisotopic (exact) mass is 393 g/mol. The van der Waals surface area contributed by atoms with Gasteiger partial charge in [0.2, 0.25) is 0 Å². The number of nitrogens with one attached hydrogen (secondary N) is 1. The minimum atomic E-state index is 0.115. The summed E-state index contributed by atoms with van der Waals surface area (Å²) < 4.78 is 11.8. The van der Waals surface area contributed by atoms with Crippen molar-refractivity contribution in [2.45, 2.75) is 45.9 Å². The molecule has 0 aromatic heterocycles. The van der Waals surface area contributed by atoms with Crippen molar-refractivity contribution >= 4 is 5.71 Å². The van der Waals surface area contributed by atoms with Crippen LogP contribution >= 0.6 is 0 Å². The van der Waals surface area contributed by atoms with Crippen LogP contribution in [0.2, 0.25) is 0 Å². The maximum Gasteiger partial charge on any atom is 0.161 e. The average Bonchev–Trinajstić information content (AvgIpc) is 3.13. The van der Waals surface area contributed by atoms with Crippen LogP contribution in [-0.2, 0) is 6.54 Å². The van der Waals surface area contributed by atoms with Gasteiger partial charge in [-0.3, -0.25) is 4.90 Å². The van der Waals surface area contributed by atoms with Crippen LogP contribution in [0.1, 0.15) is 44.4 Å². The van der Waals surface area contributed by atoms with Gasteiger partial charge < -0.3 is 14.9 Å². The second kappa shape index (κ2) is 8.87. The number of hydrogen-bond donors (Lipinski definition) is 1. The first kappa shape index (κ1) is 19.8. The lowest BCUT2D eigenvalue weighted by Crippen LogP contribution is -2.41. The third-order valence-corrected chi connectivity index (χ3v) is 5.56. The first-order valence-electron chi connectivity index (χ1n) is 10.7. The molecule has 2 unspecified atom stereocenters. The molecule has 0 saturated carbocycles. The molecule has 2 heterocycles. The van der Waals surface area contributed by atoms with Crippen LogP contribution in [0.5, 0.6) is 11.5 Å². The van der Waals surface area contributed by atoms with Gasteiger partial charge in [0, 0.05) is 37.7 Å². The standard InChI is InChI=1S/C24H31N3O2/c1-4-28-23-14-19(10-11-22(23)29-17(2)3)24-20-16-27(13-12-21(20)25-26-24)15-18-8-6-5-7-9-18/h5-11,14,17,20,24,26H,4,12-13,15-16H2,1-3H3. The van der Waals surface area contributed by atoms with Crippen molar-refractivity contribution in [2.75, 3.05) is 19.7 Å². The lowest BCUT2D eigenvalue weighted by atomic mass is 9.86. The molecular weight excluding hydrogens is 362 g/mol. The lowest BCUT2D eigenvalue weighted by molar-refractivity contribution is 0.218. The van der Waals surface area contributed by atoms with E-state index < -0.39 is 0 Å². The van der Waals surface area contributed by atoms with Crippen molar-refractivity contribution in [3.63, 3.8) is 0 Å². The van der Waals surface area contributed by atoms with E-state index in [9.17, 15) is 0 Å². The highest BCUT2D eigenvalue weighted by Gasteiger charge is 2.37. The molecule has 29 heavy (non-hydrogen) atoms. The molecule has 2 aliphatic rings. The Morgan fingerprint density at radius 2 is 1.97 bits per heavy atom. The van der Waals surface area contributed by atoms with Crippen LogP contribution in [0.3, 0.4) is 0 Å². The Hall–Kier alpha value is -2.53. The summed E-state index contributed by atoms with van der Waals surface area (Å²) in [5.41, 5.74) is 7.25. The van der Waals surface area contributed by atoms with Crippen LogP contribution in [0.15, 0.2) is 53.6 Å². The van der Waals surface area contributed by atoms with E-state index in [1.165, 1.54) is 16.8 Å². The summed E-state index contributed by atoms with van der Waals surface area (Å²) in [7, 11) is 0. The number of hydrogen-bond acceptors (Lipinski definition) is 5. The molecule has 2 atom stereocenters. The van der Waals surface area contributed by atoms with Crippen molar-refractivity contribution in [1.29, 1.82) is 0 Å². The van der Waals surface area contributed by atoms with Gasteiger partial charge in [0.15, 0.2) is 11.5 Å². The van der Waals surface area contributed by atoms with E-state index >= 15 is 0 Å². The van der Waals surface area contributed by atoms with Gasteiger partial charge in [0.05, 0.1) is 18.8 Å². The quantitative estimate of drug-likeness (QED) is 0.758. The number of fused-ring (bicyclic) bond motifs is 1. The number of rotatable bonds is 7. The van der Waals surface area contributed by atoms with E-state index in [4.69, 9.17) is 9.47 Å². The summed E-state index contributed by atoms with van der Waals surface area (Å²) in [6, 6.07) is 17.2. The number of benzene rings is 2. The van der Waals surface area contributed by atoms with Crippen LogP contribution in [-0.4, -0.2) is 36.4 Å². The molecular formula is C24H31N3O2. The second-order valence-corrected chi connectivity index (χ2v) is 8.09. The predicted molar refractivity (Wildman–Crippen MR) is 117 cm³/mol. The van der Waals surface area contributed by atoms with Crippen molar-refractivity contribution < 1.29 is 9.47 Å². The molecule has 1 N–H and O–H groups in total. The molecule has 0 amide bonds. The molecule has 2 aromatic rings. The number of likely N-dealkylation sites (tertiary alicyclic amines) is 1. The Balaban J connectivity index is 1.51. The fourth-order valence-electron chi connectivity index (χ4n) is 4.24. The lowest BCUT2D eigenvalue weighted by Gasteiger charge is -2.33. The van der Waals surface area contributed by atoms with Crippen molar-refractivity contribution in [3.8, 4) is 11.5 Å². The fraction of sp³-hybridized carbons (Fsp3) is 0.458. The molecule has 0 spiro atoms. The number of nitrogens with zero attached hydrogens (tertiary/aromatic N) is 2. The Labute approximate surface area is 173 Å². The summed E-state index contributed by atoms with van der Waals surface area (Å²) in [5.74, 6) is 2.00. The molecule has 1 saturated heterocycles. The highest BCUT2D eigenvalue weighted by atomic mass is 16.5. The second-order valence-electron chi connectivity index (χ2n) is 8.09. The molecule has 154 valence electrons. The predicted octanol–water partition coefficient (Wildman–Crippen LogP) is 4.39. The Morgan fingerprint density at radius 1 is 1.14 bits per heavy atom. The molecule has 2 aliphatic heterocycles. The SMILES string of the molecule is CCOc1cc(C2NN=C3CCN(Cc4ccccc4)CC32)ccc1OC(C)C. The van der Waals surface area contributed by atoms with Gasteiger partial charge in [0.1, 0.15) is 0 Å². The van der Waals surface area contributed by atoms with E-state index in [1.807, 2.05) is 26.8 Å². The average molecular weight is 394 g/mol. The fourth-order valence-corrected chi connectivity index (χ4v) is 4.24. The molecule has 1 fully saturated rings. The van der Waals surface area contributed by atoms with Crippen molar-refractivity contribution in [3.05, 3.63) is 59.7 Å². The Bertz CT molecular complexity index is 850. The van der Waals surface area contributed by atoms with E-state index in [2.05, 4.69) is 57.9 Å². The minimum absolute atomic E-state index is 0.115. The first-order chi connectivity index (χ1) is 14.1. The molecule has 0 aliphatic carbocycles. The summed E-state index contributed by atoms with van der Waals surface area (Å²) in [6.45, 7) is 9.75. The normalized spacial score (nSPS) is 21.4. The highest BCUT2D eigenvalue weighted by Crippen LogP contribution is 2.37. The van der Waals surface area contributed by atoms with Crippen LogP contribution in [0.25, 0.3) is 0 Å². The van der Waals surface area contributed by atoms with Gasteiger partial charge in [-0.2, -0.15) is 5.10 Å². The molecule has 4 rings (SSSR count). The van der Waals surface area contributed by atoms with E-state index in [1.54, 1.807) is 0 Å². The topological polar surface area (TPSA) is 46.1 Å². The first-order valence-corrected chi connectivity index (χ1v) is 10.7. The maximum absolute atomic E-state index is 5.92. The Kier molecular flexibility index (Phi) is 6.05. The van der Waals surface area contributed by atoms with Gasteiger partial charge >= 0.3 is 0 Å². The van der Waals surface area contributed by atoms with Gasteiger partial charge in [-0.25, -0.2) is 0 Å². The zero-order valence-corrected chi connectivity index (χ0v) is 17.6. The van der Waals surface area contributed by atoms with Gasteiger partial charge in [0.25, 0.3) is 0 Å². The zero-order chi connectivity index (χ0) is 20.2. The molecule has 0 radical (unpaired) electrons. The third-order valence-electron chi connectivity index (χ3n) is 5.56. The molecule has 0 bridgehead atoms. The van der Waals surface area contributed by atoms with Crippen LogP contribution in [0, 0.1) is 5.92 Å². The third kappa shape index (κ3) is 4.56. The Morgan fingerprint density at radius 3 is 2.72 bits per heavy atom. The van der Waals surface area contributed by atoms with Crippen LogP contribution < -0.4 is 14.9 Å². The number of hydrazone groups is 1. The van der Waals surface area contributed by atoms with Crippen molar-refractivity contribution in [1.82, 2.24) is 10.3 Å². The summed E-state index contributed by atoms with van der Waals surface area (Å²) in [5, 5.41) is 4.67. The van der Waals surface area contributed by atoms with Gasteiger partial charge in [-0.1, -0.05) is 36.4 Å². The molecule has 5 nitrogen and oxygen atoms in total. The largest absolute Gasteiger partial charge is 0.490 e. The van der Waals surface area contributed by atoms with Crippen molar-refractivity contribution in [2.24, 2.45) is 11.0 Å². The molecule has 2 aromatic carbocycles. The van der Waals surface area contributed by atoms with E-state index in [-0.39, 0.29) is 12.1 Å². The van der Waals surface area contributed by atoms with Gasteiger partial charge in [-0.15, -0.1) is 0 Å². The zero-order valence-electron chi connectivity index (χ0n) is 17.6. The molecule has 5 heteroatoms. The van der Waals surface area contributed by atoms with E-state index in [0.29, 0.717) is 12.5 Å². The number of piperidine rings is 1. The van der Waals surface area contributed by atoms with Gasteiger partial charge in [-0.05, 0) is 44.0 Å². The maximum atomic E-state index is 5.92. The van der Waals surface area contributed by atoms with E-state index in [0.717, 1.165) is 37.6 Å². The number of ether oxygens (including phenoxy) is 2. The highest BCUT2D eigenvalue weighted by molar-refractivity contribution is 5.90. The summed E-state index contributed by atoms with van der Waals surface area (Å²) in [6.07, 6.45) is 1.14. The minimum Gasteiger partial charge on any atom is -0.490 e. The van der Waals surface area contributed by atoms with Crippen LogP contribution in [0.4, 0.5) is 0 Å². The smallest absolute Gasteiger partial charge is 0.161 e.